The molecule has 32 heavy (non-hydrogen) atoms. The van der Waals surface area contributed by atoms with E-state index in [4.69, 9.17) is 0 Å². The number of hydrogen-bond donors (Lipinski definition) is 2. The van der Waals surface area contributed by atoms with Gasteiger partial charge in [0.1, 0.15) is 0 Å². The quantitative estimate of drug-likeness (QED) is 0.287. The number of fused-ring (bicyclic) bond motifs is 1. The van der Waals surface area contributed by atoms with Crippen molar-refractivity contribution >= 4 is 0 Å². The van der Waals surface area contributed by atoms with Crippen LogP contribution >= 0.6 is 0 Å². The van der Waals surface area contributed by atoms with E-state index in [1.807, 2.05) is 0 Å². The van der Waals surface area contributed by atoms with Gasteiger partial charge in [0.2, 0.25) is 0 Å². The van der Waals surface area contributed by atoms with Crippen molar-refractivity contribution in [3.05, 3.63) is 34.9 Å². The fourth-order valence-electron chi connectivity index (χ4n) is 6.18. The first-order valence-corrected chi connectivity index (χ1v) is 13.0. The molecule has 2 aliphatic rings. The average molecular weight is 445 g/mol. The Labute approximate surface area is 199 Å². The maximum atomic E-state index is 10.8. The van der Waals surface area contributed by atoms with Crippen LogP contribution in [0.5, 0.6) is 0 Å². The van der Waals surface area contributed by atoms with Gasteiger partial charge >= 0.3 is 0 Å². The predicted molar refractivity (Wildman–Crippen MR) is 140 cm³/mol. The molecule has 0 aromatic heterocycles. The zero-order chi connectivity index (χ0) is 23.9. The van der Waals surface area contributed by atoms with Crippen molar-refractivity contribution in [3.8, 4) is 0 Å². The van der Waals surface area contributed by atoms with Gasteiger partial charge in [0.15, 0.2) is 0 Å². The van der Waals surface area contributed by atoms with Crippen molar-refractivity contribution in [1.29, 1.82) is 0 Å². The standard InChI is InChI=1S/C29H52N2O/c1-22(2)14-18-30-17-9-10-19-31(20-15-23(3)4)21-25-24(5)11-12-26-28(6,7)27(32)13-16-29(25,26)8/h11,14-15,25-27,30,32H,9-10,12-13,16-21H2,1-8H3. The Morgan fingerprint density at radius 1 is 1.12 bits per heavy atom. The van der Waals surface area contributed by atoms with Crippen molar-refractivity contribution in [2.24, 2.45) is 22.7 Å². The minimum absolute atomic E-state index is 0.00977. The Morgan fingerprint density at radius 3 is 2.47 bits per heavy atom. The molecule has 2 rings (SSSR count). The van der Waals surface area contributed by atoms with Gasteiger partial charge < -0.3 is 10.4 Å². The lowest BCUT2D eigenvalue weighted by molar-refractivity contribution is -0.117. The van der Waals surface area contributed by atoms with Crippen LogP contribution in [0.4, 0.5) is 0 Å². The molecule has 4 atom stereocenters. The molecule has 0 aromatic carbocycles. The van der Waals surface area contributed by atoms with Crippen LogP contribution in [0.2, 0.25) is 0 Å². The second-order valence-corrected chi connectivity index (χ2v) is 11.9. The summed E-state index contributed by atoms with van der Waals surface area (Å²) >= 11 is 0. The number of nitrogens with zero attached hydrogens (tertiary/aromatic N) is 1. The number of rotatable bonds is 11. The molecule has 3 nitrogen and oxygen atoms in total. The Balaban J connectivity index is 2.05. The van der Waals surface area contributed by atoms with Gasteiger partial charge in [-0.1, -0.05) is 55.7 Å². The first-order chi connectivity index (χ1) is 15.0. The van der Waals surface area contributed by atoms with Gasteiger partial charge in [0, 0.05) is 19.6 Å². The van der Waals surface area contributed by atoms with E-state index >= 15 is 0 Å². The first kappa shape index (κ1) is 27.3. The van der Waals surface area contributed by atoms with E-state index in [1.54, 1.807) is 5.57 Å². The molecule has 0 heterocycles. The van der Waals surface area contributed by atoms with Crippen molar-refractivity contribution < 1.29 is 5.11 Å². The van der Waals surface area contributed by atoms with Crippen LogP contribution in [0.1, 0.15) is 87.5 Å². The third kappa shape index (κ3) is 7.05. The molecule has 0 aliphatic heterocycles. The van der Waals surface area contributed by atoms with E-state index in [0.717, 1.165) is 52.0 Å². The summed E-state index contributed by atoms with van der Waals surface area (Å²) < 4.78 is 0. The molecule has 3 heteroatoms. The third-order valence-electron chi connectivity index (χ3n) is 8.46. The number of aliphatic hydroxyl groups is 1. The van der Waals surface area contributed by atoms with Crippen molar-refractivity contribution in [3.63, 3.8) is 0 Å². The highest BCUT2D eigenvalue weighted by atomic mass is 16.3. The van der Waals surface area contributed by atoms with Crippen LogP contribution < -0.4 is 5.32 Å². The zero-order valence-corrected chi connectivity index (χ0v) is 22.4. The van der Waals surface area contributed by atoms with Gasteiger partial charge in [-0.15, -0.1) is 0 Å². The topological polar surface area (TPSA) is 35.5 Å². The lowest BCUT2D eigenvalue weighted by Gasteiger charge is -2.59. The maximum Gasteiger partial charge on any atom is 0.0594 e. The highest BCUT2D eigenvalue weighted by Crippen LogP contribution is 2.59. The molecule has 0 radical (unpaired) electrons. The molecule has 0 bridgehead atoms. The lowest BCUT2D eigenvalue weighted by Crippen LogP contribution is -2.55. The molecule has 0 spiro atoms. The predicted octanol–water partition coefficient (Wildman–Crippen LogP) is 6.36. The van der Waals surface area contributed by atoms with Crippen LogP contribution in [0.3, 0.4) is 0 Å². The monoisotopic (exact) mass is 444 g/mol. The first-order valence-electron chi connectivity index (χ1n) is 13.0. The molecule has 2 aliphatic carbocycles. The molecule has 1 saturated carbocycles. The normalized spacial score (nSPS) is 29.3. The summed E-state index contributed by atoms with van der Waals surface area (Å²) in [6, 6.07) is 0. The van der Waals surface area contributed by atoms with Gasteiger partial charge in [-0.3, -0.25) is 4.90 Å². The van der Waals surface area contributed by atoms with E-state index in [1.165, 1.54) is 24.0 Å². The minimum atomic E-state index is -0.173. The molecular weight excluding hydrogens is 392 g/mol. The van der Waals surface area contributed by atoms with Gasteiger partial charge in [-0.2, -0.15) is 0 Å². The number of allylic oxidation sites excluding steroid dienone is 3. The summed E-state index contributed by atoms with van der Waals surface area (Å²) in [5, 5.41) is 14.3. The number of nitrogens with one attached hydrogen (secondary N) is 1. The van der Waals surface area contributed by atoms with Crippen LogP contribution in [0.25, 0.3) is 0 Å². The van der Waals surface area contributed by atoms with Crippen LogP contribution in [0.15, 0.2) is 34.9 Å². The van der Waals surface area contributed by atoms with Gasteiger partial charge in [-0.25, -0.2) is 0 Å². The highest BCUT2D eigenvalue weighted by molar-refractivity contribution is 5.20. The van der Waals surface area contributed by atoms with Gasteiger partial charge in [0.05, 0.1) is 6.10 Å². The Kier molecular flexibility index (Phi) is 10.2. The van der Waals surface area contributed by atoms with E-state index in [9.17, 15) is 5.11 Å². The highest BCUT2D eigenvalue weighted by Gasteiger charge is 2.55. The molecule has 4 unspecified atom stereocenters. The second kappa shape index (κ2) is 12.0. The average Bonchev–Trinajstić information content (AvgIpc) is 2.70. The molecule has 184 valence electrons. The molecular formula is C29H52N2O. The van der Waals surface area contributed by atoms with Crippen LogP contribution in [-0.4, -0.2) is 48.8 Å². The summed E-state index contributed by atoms with van der Waals surface area (Å²) in [7, 11) is 0. The van der Waals surface area contributed by atoms with Gasteiger partial charge in [0.25, 0.3) is 0 Å². The largest absolute Gasteiger partial charge is 0.393 e. The van der Waals surface area contributed by atoms with E-state index in [-0.39, 0.29) is 16.9 Å². The minimum Gasteiger partial charge on any atom is -0.393 e. The molecule has 0 saturated heterocycles. The van der Waals surface area contributed by atoms with Crippen molar-refractivity contribution in [1.82, 2.24) is 10.2 Å². The lowest BCUT2D eigenvalue weighted by atomic mass is 9.48. The maximum absolute atomic E-state index is 10.8. The molecule has 1 fully saturated rings. The van der Waals surface area contributed by atoms with E-state index < -0.39 is 0 Å². The van der Waals surface area contributed by atoms with Crippen LogP contribution in [-0.2, 0) is 0 Å². The summed E-state index contributed by atoms with van der Waals surface area (Å²) in [6.45, 7) is 23.6. The van der Waals surface area contributed by atoms with Crippen molar-refractivity contribution in [2.45, 2.75) is 93.6 Å². The SMILES string of the molecule is CC(C)=CCNCCCCN(CC=C(C)C)CC1C(C)=CCC2C(C)(C)C(O)CCC12C. The Morgan fingerprint density at radius 2 is 1.81 bits per heavy atom. The third-order valence-corrected chi connectivity index (χ3v) is 8.46. The van der Waals surface area contributed by atoms with Crippen molar-refractivity contribution in [2.75, 3.05) is 32.7 Å². The Hall–Kier alpha value is -0.900. The molecule has 2 N–H and O–H groups in total. The summed E-state index contributed by atoms with van der Waals surface area (Å²) in [5.41, 5.74) is 4.62. The number of unbranched alkanes of at least 4 members (excludes halogenated alkanes) is 1. The second-order valence-electron chi connectivity index (χ2n) is 11.9. The Bertz CT molecular complexity index is 681. The summed E-state index contributed by atoms with van der Waals surface area (Å²) in [4.78, 5) is 2.69. The number of hydrogen-bond acceptors (Lipinski definition) is 3. The van der Waals surface area contributed by atoms with Gasteiger partial charge in [-0.05, 0) is 102 Å². The van der Waals surface area contributed by atoms with E-state index in [0.29, 0.717) is 11.8 Å². The molecule has 0 amide bonds. The number of aliphatic hydroxyl groups excluding tert-OH is 1. The summed E-state index contributed by atoms with van der Waals surface area (Å²) in [6.07, 6.45) is 12.6. The fraction of sp³-hybridized carbons (Fsp3) is 0.793. The smallest absolute Gasteiger partial charge is 0.0594 e. The summed E-state index contributed by atoms with van der Waals surface area (Å²) in [5.74, 6) is 1.13. The van der Waals surface area contributed by atoms with E-state index in [2.05, 4.69) is 83.8 Å². The van der Waals surface area contributed by atoms with Crippen LogP contribution in [0, 0.1) is 22.7 Å². The molecule has 0 aromatic rings. The fourth-order valence-corrected chi connectivity index (χ4v) is 6.18. The zero-order valence-electron chi connectivity index (χ0n) is 22.4.